The van der Waals surface area contributed by atoms with Crippen LogP contribution in [0.1, 0.15) is 49.4 Å². The SMILES string of the molecule is C=C(O[C@]1(CC)C(=O)OCc2c1cc1n(c2=O)Cc2cc3c(CN(C)C)c(O)ccc3nc2-1)C(C)C. The summed E-state index contributed by atoms with van der Waals surface area (Å²) >= 11 is 0. The lowest BCUT2D eigenvalue weighted by Gasteiger charge is -2.37. The quantitative estimate of drug-likeness (QED) is 0.323. The highest BCUT2D eigenvalue weighted by atomic mass is 16.6. The number of esters is 1. The molecular weight excluding hydrogens is 458 g/mol. The smallest absolute Gasteiger partial charge is 0.355 e. The van der Waals surface area contributed by atoms with Crippen molar-refractivity contribution in [2.75, 3.05) is 14.1 Å². The Hall–Kier alpha value is -3.65. The molecule has 1 atom stereocenters. The van der Waals surface area contributed by atoms with E-state index in [0.717, 1.165) is 22.0 Å². The van der Waals surface area contributed by atoms with Crippen LogP contribution >= 0.6 is 0 Å². The second kappa shape index (κ2) is 8.48. The Balaban J connectivity index is 1.72. The molecule has 2 aromatic heterocycles. The van der Waals surface area contributed by atoms with Gasteiger partial charge in [-0.15, -0.1) is 0 Å². The van der Waals surface area contributed by atoms with E-state index in [9.17, 15) is 14.7 Å². The number of pyridine rings is 2. The van der Waals surface area contributed by atoms with Gasteiger partial charge in [0.05, 0.1) is 34.8 Å². The molecule has 0 radical (unpaired) electrons. The van der Waals surface area contributed by atoms with Gasteiger partial charge in [-0.1, -0.05) is 27.4 Å². The van der Waals surface area contributed by atoms with Crippen molar-refractivity contribution in [3.8, 4) is 17.1 Å². The lowest BCUT2D eigenvalue weighted by Crippen LogP contribution is -2.46. The fraction of sp³-hybridized carbons (Fsp3) is 0.393. The topological polar surface area (TPSA) is 93.9 Å². The maximum atomic E-state index is 13.7. The molecule has 36 heavy (non-hydrogen) atoms. The van der Waals surface area contributed by atoms with E-state index in [0.29, 0.717) is 47.8 Å². The number of nitrogens with zero attached hydrogens (tertiary/aromatic N) is 3. The summed E-state index contributed by atoms with van der Waals surface area (Å²) in [5.41, 5.74) is 3.02. The molecule has 1 N–H and O–H groups in total. The first-order chi connectivity index (χ1) is 17.1. The number of hydrogen-bond acceptors (Lipinski definition) is 7. The van der Waals surface area contributed by atoms with Crippen molar-refractivity contribution in [1.29, 1.82) is 0 Å². The van der Waals surface area contributed by atoms with E-state index in [1.165, 1.54) is 0 Å². The van der Waals surface area contributed by atoms with E-state index in [1.807, 2.05) is 51.9 Å². The van der Waals surface area contributed by atoms with Crippen LogP contribution in [0.25, 0.3) is 22.3 Å². The largest absolute Gasteiger partial charge is 0.508 e. The second-order valence-corrected chi connectivity index (χ2v) is 10.2. The zero-order chi connectivity index (χ0) is 25.9. The van der Waals surface area contributed by atoms with Gasteiger partial charge < -0.3 is 24.0 Å². The van der Waals surface area contributed by atoms with Crippen LogP contribution in [-0.2, 0) is 39.6 Å². The molecular formula is C28H31N3O5. The number of phenols is 1. The predicted octanol–water partition coefficient (Wildman–Crippen LogP) is 4.04. The van der Waals surface area contributed by atoms with Crippen molar-refractivity contribution in [2.45, 2.75) is 52.5 Å². The van der Waals surface area contributed by atoms with Crippen LogP contribution in [0.3, 0.4) is 0 Å². The summed E-state index contributed by atoms with van der Waals surface area (Å²) in [5, 5.41) is 11.4. The average molecular weight is 490 g/mol. The van der Waals surface area contributed by atoms with Crippen molar-refractivity contribution >= 4 is 16.9 Å². The Labute approximate surface area is 209 Å². The van der Waals surface area contributed by atoms with Crippen molar-refractivity contribution in [2.24, 2.45) is 5.92 Å². The Morgan fingerprint density at radius 1 is 1.31 bits per heavy atom. The molecule has 8 nitrogen and oxygen atoms in total. The van der Waals surface area contributed by atoms with Gasteiger partial charge >= 0.3 is 5.97 Å². The number of benzene rings is 1. The summed E-state index contributed by atoms with van der Waals surface area (Å²) in [6, 6.07) is 7.30. The van der Waals surface area contributed by atoms with Gasteiger partial charge in [0, 0.05) is 34.5 Å². The highest BCUT2D eigenvalue weighted by Crippen LogP contribution is 2.43. The number of carbonyl (C=O) groups is 1. The van der Waals surface area contributed by atoms with Gasteiger partial charge in [-0.2, -0.15) is 0 Å². The number of cyclic esters (lactones) is 1. The summed E-state index contributed by atoms with van der Waals surface area (Å²) in [6.07, 6.45) is 0.290. The number of phenolic OH excluding ortho intramolecular Hbond substituents is 1. The van der Waals surface area contributed by atoms with Crippen molar-refractivity contribution in [1.82, 2.24) is 14.5 Å². The van der Waals surface area contributed by atoms with Gasteiger partial charge in [0.2, 0.25) is 5.60 Å². The zero-order valence-electron chi connectivity index (χ0n) is 21.3. The molecule has 188 valence electrons. The molecule has 0 spiro atoms. The highest BCUT2D eigenvalue weighted by Gasteiger charge is 2.49. The van der Waals surface area contributed by atoms with Gasteiger partial charge in [-0.05, 0) is 44.8 Å². The van der Waals surface area contributed by atoms with Crippen LogP contribution in [0.5, 0.6) is 5.75 Å². The Bertz CT molecular complexity index is 1490. The predicted molar refractivity (Wildman–Crippen MR) is 136 cm³/mol. The number of ether oxygens (including phenoxy) is 2. The highest BCUT2D eigenvalue weighted by molar-refractivity contribution is 5.89. The Morgan fingerprint density at radius 2 is 2.06 bits per heavy atom. The molecule has 0 amide bonds. The molecule has 5 rings (SSSR count). The van der Waals surface area contributed by atoms with Gasteiger partial charge in [-0.25, -0.2) is 9.78 Å². The fourth-order valence-corrected chi connectivity index (χ4v) is 5.08. The van der Waals surface area contributed by atoms with E-state index < -0.39 is 11.6 Å². The van der Waals surface area contributed by atoms with Crippen molar-refractivity contribution in [3.63, 3.8) is 0 Å². The number of aromatic nitrogens is 2. The maximum Gasteiger partial charge on any atom is 0.355 e. The summed E-state index contributed by atoms with van der Waals surface area (Å²) in [5.74, 6) is 0.146. The molecule has 0 aliphatic carbocycles. The van der Waals surface area contributed by atoms with E-state index in [-0.39, 0.29) is 23.8 Å². The Kier molecular flexibility index (Phi) is 5.67. The van der Waals surface area contributed by atoms with Crippen LogP contribution < -0.4 is 5.56 Å². The first kappa shape index (κ1) is 24.1. The molecule has 8 heteroatoms. The number of hydrogen-bond donors (Lipinski definition) is 1. The number of fused-ring (bicyclic) bond motifs is 5. The lowest BCUT2D eigenvalue weighted by molar-refractivity contribution is -0.176. The minimum atomic E-state index is -1.44. The van der Waals surface area contributed by atoms with Crippen LogP contribution in [0.4, 0.5) is 0 Å². The zero-order valence-corrected chi connectivity index (χ0v) is 21.3. The Morgan fingerprint density at radius 3 is 2.72 bits per heavy atom. The average Bonchev–Trinajstić information content (AvgIpc) is 3.19. The standard InChI is InChI=1S/C28H31N3O5/c1-7-28(36-16(4)15(2)3)21-11-23-25-17(12-31(23)26(33)20(21)14-35-27(28)34)10-18-19(13-30(5)6)24(32)9-8-22(18)29-25/h8-11,15,32H,4,7,12-14H2,1-3,5-6H3/t28-/m0/s1. The van der Waals surface area contributed by atoms with Gasteiger partial charge in [0.15, 0.2) is 0 Å². The van der Waals surface area contributed by atoms with Gasteiger partial charge in [-0.3, -0.25) is 4.79 Å². The van der Waals surface area contributed by atoms with E-state index >= 15 is 0 Å². The lowest BCUT2D eigenvalue weighted by atomic mass is 9.85. The fourth-order valence-electron chi connectivity index (χ4n) is 5.08. The third-order valence-corrected chi connectivity index (χ3v) is 7.17. The molecule has 0 fully saturated rings. The first-order valence-electron chi connectivity index (χ1n) is 12.2. The third kappa shape index (κ3) is 3.51. The van der Waals surface area contributed by atoms with Crippen LogP contribution in [0.2, 0.25) is 0 Å². The number of allylic oxidation sites excluding steroid dienone is 1. The van der Waals surface area contributed by atoms with Crippen LogP contribution in [0.15, 0.2) is 41.4 Å². The summed E-state index contributed by atoms with van der Waals surface area (Å²) in [4.78, 5) is 33.7. The molecule has 2 aliphatic heterocycles. The molecule has 4 heterocycles. The summed E-state index contributed by atoms with van der Waals surface area (Å²) in [7, 11) is 3.89. The molecule has 3 aromatic rings. The minimum absolute atomic E-state index is 0.0105. The molecule has 2 aliphatic rings. The van der Waals surface area contributed by atoms with Gasteiger partial charge in [0.25, 0.3) is 5.56 Å². The molecule has 1 aromatic carbocycles. The maximum absolute atomic E-state index is 13.7. The normalized spacial score (nSPS) is 18.2. The van der Waals surface area contributed by atoms with Crippen molar-refractivity contribution < 1.29 is 19.4 Å². The number of rotatable bonds is 6. The molecule has 0 saturated heterocycles. The molecule has 0 unspecified atom stereocenters. The number of carbonyl (C=O) groups excluding carboxylic acids is 1. The molecule has 0 saturated carbocycles. The van der Waals surface area contributed by atoms with Crippen LogP contribution in [-0.4, -0.2) is 39.6 Å². The second-order valence-electron chi connectivity index (χ2n) is 10.2. The molecule has 0 bridgehead atoms. The first-order valence-corrected chi connectivity index (χ1v) is 12.2. The van der Waals surface area contributed by atoms with Gasteiger partial charge in [0.1, 0.15) is 12.4 Å². The van der Waals surface area contributed by atoms with Crippen LogP contribution in [0, 0.1) is 5.92 Å². The summed E-state index contributed by atoms with van der Waals surface area (Å²) in [6.45, 7) is 10.5. The van der Waals surface area contributed by atoms with E-state index in [1.54, 1.807) is 16.7 Å². The monoisotopic (exact) mass is 489 g/mol. The minimum Gasteiger partial charge on any atom is -0.508 e. The van der Waals surface area contributed by atoms with E-state index in [4.69, 9.17) is 14.5 Å². The summed E-state index contributed by atoms with van der Waals surface area (Å²) < 4.78 is 13.3. The number of aromatic hydroxyl groups is 1. The third-order valence-electron chi connectivity index (χ3n) is 7.17. The van der Waals surface area contributed by atoms with E-state index in [2.05, 4.69) is 6.58 Å². The van der Waals surface area contributed by atoms with Crippen molar-refractivity contribution in [3.05, 3.63) is 69.2 Å².